The van der Waals surface area contributed by atoms with Crippen LogP contribution in [-0.2, 0) is 16.8 Å². The largest absolute Gasteiger partial charge is 0.355 e. The number of fused-ring (bicyclic) bond motifs is 1. The summed E-state index contributed by atoms with van der Waals surface area (Å²) in [5.74, 6) is -0.0337. The van der Waals surface area contributed by atoms with Gasteiger partial charge >= 0.3 is 0 Å². The fraction of sp³-hybridized carbons (Fsp3) is 0.350. The van der Waals surface area contributed by atoms with Gasteiger partial charge in [-0.1, -0.05) is 34.5 Å². The van der Waals surface area contributed by atoms with E-state index in [0.717, 1.165) is 22.1 Å². The maximum atomic E-state index is 12.4. The highest BCUT2D eigenvalue weighted by Crippen LogP contribution is 2.43. The molecule has 0 unspecified atom stereocenters. The van der Waals surface area contributed by atoms with E-state index in [0.29, 0.717) is 18.5 Å². The van der Waals surface area contributed by atoms with Crippen LogP contribution in [0.2, 0.25) is 0 Å². The number of halogens is 1. The molecular weight excluding hydrogens is 426 g/mol. The zero-order valence-corrected chi connectivity index (χ0v) is 17.2. The van der Waals surface area contributed by atoms with Crippen LogP contribution >= 0.6 is 27.3 Å². The number of rotatable bonds is 6. The molecule has 27 heavy (non-hydrogen) atoms. The highest BCUT2D eigenvalue weighted by Gasteiger charge is 2.38. The van der Waals surface area contributed by atoms with Gasteiger partial charge in [0.1, 0.15) is 4.83 Å². The number of carbonyl (C=O) groups is 1. The molecular formula is C20H20BrN3O2S. The second-order valence-corrected chi connectivity index (χ2v) is 8.86. The predicted molar refractivity (Wildman–Crippen MR) is 111 cm³/mol. The Labute approximate surface area is 169 Å². The van der Waals surface area contributed by atoms with Gasteiger partial charge in [0.25, 0.3) is 5.56 Å². The first-order valence-corrected chi connectivity index (χ1v) is 10.7. The van der Waals surface area contributed by atoms with E-state index in [1.54, 1.807) is 6.07 Å². The van der Waals surface area contributed by atoms with E-state index in [1.807, 2.05) is 17.5 Å². The highest BCUT2D eigenvalue weighted by molar-refractivity contribution is 9.10. The van der Waals surface area contributed by atoms with Gasteiger partial charge in [0, 0.05) is 29.4 Å². The molecule has 7 heteroatoms. The summed E-state index contributed by atoms with van der Waals surface area (Å²) in [6, 6.07) is 10.1. The summed E-state index contributed by atoms with van der Waals surface area (Å²) >= 11 is 4.98. The molecule has 140 valence electrons. The topological polar surface area (TPSA) is 64.0 Å². The van der Waals surface area contributed by atoms with Crippen molar-refractivity contribution in [2.24, 2.45) is 0 Å². The monoisotopic (exact) mass is 445 g/mol. The van der Waals surface area contributed by atoms with Crippen LogP contribution in [0.1, 0.15) is 31.2 Å². The third-order valence-corrected chi connectivity index (χ3v) is 6.72. The molecule has 1 fully saturated rings. The van der Waals surface area contributed by atoms with Gasteiger partial charge in [-0.05, 0) is 42.0 Å². The number of nitrogens with zero attached hydrogens (tertiary/aromatic N) is 2. The summed E-state index contributed by atoms with van der Waals surface area (Å²) in [6.45, 7) is 0.979. The molecule has 1 N–H and O–H groups in total. The molecule has 3 aromatic rings. The van der Waals surface area contributed by atoms with Crippen molar-refractivity contribution in [2.75, 3.05) is 6.54 Å². The standard InChI is InChI=1S/C20H20BrN3O2S/c21-15-4-1-3-14(11-15)20(7-2-8-20)12-22-17(25)5-9-24-13-23-18-16(19(24)26)6-10-27-18/h1,3-4,6,10-11,13H,2,5,7-9,12H2,(H,22,25). The summed E-state index contributed by atoms with van der Waals surface area (Å²) in [5, 5.41) is 5.55. The lowest BCUT2D eigenvalue weighted by atomic mass is 9.64. The van der Waals surface area contributed by atoms with Gasteiger partial charge in [-0.2, -0.15) is 0 Å². The summed E-state index contributed by atoms with van der Waals surface area (Å²) in [4.78, 5) is 29.8. The van der Waals surface area contributed by atoms with Crippen molar-refractivity contribution in [3.8, 4) is 0 Å². The van der Waals surface area contributed by atoms with Crippen molar-refractivity contribution >= 4 is 43.4 Å². The van der Waals surface area contributed by atoms with E-state index in [1.165, 1.54) is 34.2 Å². The first kappa shape index (κ1) is 18.4. The fourth-order valence-corrected chi connectivity index (χ4v) is 4.74. The summed E-state index contributed by atoms with van der Waals surface area (Å²) < 4.78 is 2.58. The van der Waals surface area contributed by atoms with Crippen molar-refractivity contribution in [3.63, 3.8) is 0 Å². The molecule has 0 bridgehead atoms. The van der Waals surface area contributed by atoms with Gasteiger partial charge in [0.05, 0.1) is 11.7 Å². The van der Waals surface area contributed by atoms with Crippen LogP contribution in [0.5, 0.6) is 0 Å². The van der Waals surface area contributed by atoms with Crippen molar-refractivity contribution < 1.29 is 4.79 Å². The molecule has 2 aromatic heterocycles. The zero-order valence-electron chi connectivity index (χ0n) is 14.8. The highest BCUT2D eigenvalue weighted by atomic mass is 79.9. The predicted octanol–water partition coefficient (Wildman–Crippen LogP) is 3.85. The van der Waals surface area contributed by atoms with Crippen LogP contribution in [0.3, 0.4) is 0 Å². The molecule has 0 aliphatic heterocycles. The minimum Gasteiger partial charge on any atom is -0.355 e. The molecule has 1 aliphatic rings. The van der Waals surface area contributed by atoms with E-state index < -0.39 is 0 Å². The lowest BCUT2D eigenvalue weighted by molar-refractivity contribution is -0.121. The van der Waals surface area contributed by atoms with E-state index in [4.69, 9.17) is 0 Å². The molecule has 0 spiro atoms. The number of hydrogen-bond acceptors (Lipinski definition) is 4. The molecule has 1 saturated carbocycles. The molecule has 0 atom stereocenters. The SMILES string of the molecule is O=C(CCn1cnc2sccc2c1=O)NCC1(c2cccc(Br)c2)CCC1. The minimum atomic E-state index is -0.0846. The Morgan fingerprint density at radius 2 is 2.19 bits per heavy atom. The van der Waals surface area contributed by atoms with E-state index >= 15 is 0 Å². The second-order valence-electron chi connectivity index (χ2n) is 7.05. The number of carbonyl (C=O) groups excluding carboxylic acids is 1. The van der Waals surface area contributed by atoms with Crippen molar-refractivity contribution in [1.82, 2.24) is 14.9 Å². The van der Waals surface area contributed by atoms with Crippen molar-refractivity contribution in [2.45, 2.75) is 37.6 Å². The Balaban J connectivity index is 1.38. The smallest absolute Gasteiger partial charge is 0.262 e. The maximum Gasteiger partial charge on any atom is 0.262 e. The van der Waals surface area contributed by atoms with E-state index in [2.05, 4.69) is 38.4 Å². The van der Waals surface area contributed by atoms with E-state index in [9.17, 15) is 9.59 Å². The fourth-order valence-electron chi connectivity index (χ4n) is 3.62. The third-order valence-electron chi connectivity index (χ3n) is 5.40. The number of aryl methyl sites for hydroxylation is 1. The molecule has 1 amide bonds. The number of hydrogen-bond donors (Lipinski definition) is 1. The Hall–Kier alpha value is -1.99. The van der Waals surface area contributed by atoms with Gasteiger partial charge in [0.15, 0.2) is 0 Å². The lowest BCUT2D eigenvalue weighted by Crippen LogP contribution is -2.45. The number of aromatic nitrogens is 2. The number of thiophene rings is 1. The quantitative estimate of drug-likeness (QED) is 0.626. The Morgan fingerprint density at radius 1 is 1.33 bits per heavy atom. The van der Waals surface area contributed by atoms with Crippen LogP contribution in [-0.4, -0.2) is 22.0 Å². The van der Waals surface area contributed by atoms with Crippen LogP contribution in [0.15, 0.2) is 51.3 Å². The third kappa shape index (κ3) is 3.71. The molecule has 0 radical (unpaired) electrons. The van der Waals surface area contributed by atoms with Gasteiger partial charge in [0.2, 0.25) is 5.91 Å². The molecule has 5 nitrogen and oxygen atoms in total. The number of nitrogens with one attached hydrogen (secondary N) is 1. The van der Waals surface area contributed by atoms with Crippen LogP contribution in [0.25, 0.3) is 10.2 Å². The van der Waals surface area contributed by atoms with Crippen molar-refractivity contribution in [1.29, 1.82) is 0 Å². The molecule has 4 rings (SSSR count). The molecule has 1 aliphatic carbocycles. The molecule has 1 aromatic carbocycles. The summed E-state index contributed by atoms with van der Waals surface area (Å²) in [5.41, 5.74) is 1.22. The number of amides is 1. The second kappa shape index (κ2) is 7.56. The number of benzene rings is 1. The van der Waals surface area contributed by atoms with Crippen LogP contribution in [0.4, 0.5) is 0 Å². The van der Waals surface area contributed by atoms with Crippen LogP contribution < -0.4 is 10.9 Å². The van der Waals surface area contributed by atoms with Gasteiger partial charge in [-0.25, -0.2) is 4.98 Å². The van der Waals surface area contributed by atoms with Crippen LogP contribution in [0, 0.1) is 0 Å². The average molecular weight is 446 g/mol. The first-order chi connectivity index (χ1) is 13.1. The van der Waals surface area contributed by atoms with Crippen molar-refractivity contribution in [3.05, 3.63) is 62.4 Å². The average Bonchev–Trinajstić information content (AvgIpc) is 3.10. The summed E-state index contributed by atoms with van der Waals surface area (Å²) in [6.07, 6.45) is 5.16. The zero-order chi connectivity index (χ0) is 18.9. The molecule has 2 heterocycles. The minimum absolute atomic E-state index is 0.0337. The lowest BCUT2D eigenvalue weighted by Gasteiger charge is -2.42. The van der Waals surface area contributed by atoms with E-state index in [-0.39, 0.29) is 23.3 Å². The van der Waals surface area contributed by atoms with Gasteiger partial charge in [-0.15, -0.1) is 11.3 Å². The normalized spacial score (nSPS) is 15.4. The van der Waals surface area contributed by atoms with Gasteiger partial charge < -0.3 is 5.32 Å². The Bertz CT molecular complexity index is 1040. The maximum absolute atomic E-state index is 12.4. The van der Waals surface area contributed by atoms with Gasteiger partial charge in [-0.3, -0.25) is 14.2 Å². The Kier molecular flexibility index (Phi) is 5.14. The Morgan fingerprint density at radius 3 is 2.93 bits per heavy atom. The first-order valence-electron chi connectivity index (χ1n) is 9.03. The summed E-state index contributed by atoms with van der Waals surface area (Å²) in [7, 11) is 0. The molecule has 0 saturated heterocycles.